The molecule has 1 atom stereocenters. The van der Waals surface area contributed by atoms with Gasteiger partial charge in [-0.25, -0.2) is 0 Å². The van der Waals surface area contributed by atoms with Gasteiger partial charge in [-0.15, -0.1) is 12.4 Å². The highest BCUT2D eigenvalue weighted by molar-refractivity contribution is 5.85. The second-order valence-electron chi connectivity index (χ2n) is 4.02. The van der Waals surface area contributed by atoms with Crippen molar-refractivity contribution in [2.24, 2.45) is 5.73 Å². The normalized spacial score (nSPS) is 11.9. The summed E-state index contributed by atoms with van der Waals surface area (Å²) in [5, 5.41) is 0. The molecule has 0 fully saturated rings. The average Bonchev–Trinajstić information content (AvgIpc) is 2.18. The van der Waals surface area contributed by atoms with Gasteiger partial charge in [0.1, 0.15) is 0 Å². The number of unbranched alkanes of at least 4 members (excludes halogenated alkanes) is 2. The number of aryl methyl sites for hydroxylation is 1. The van der Waals surface area contributed by atoms with Crippen LogP contribution in [0.3, 0.4) is 0 Å². The van der Waals surface area contributed by atoms with E-state index in [-0.39, 0.29) is 18.4 Å². The summed E-state index contributed by atoms with van der Waals surface area (Å²) in [7, 11) is 0. The van der Waals surface area contributed by atoms with Crippen LogP contribution in [0, 0.1) is 6.92 Å². The van der Waals surface area contributed by atoms with E-state index in [0.29, 0.717) is 0 Å². The summed E-state index contributed by atoms with van der Waals surface area (Å²) < 4.78 is 0. The molecule has 0 radical (unpaired) electrons. The van der Waals surface area contributed by atoms with Gasteiger partial charge in [-0.2, -0.15) is 0 Å². The highest BCUT2D eigenvalue weighted by Gasteiger charge is 2.04. The van der Waals surface area contributed by atoms with Crippen molar-refractivity contribution < 1.29 is 0 Å². The van der Waals surface area contributed by atoms with Crippen LogP contribution < -0.4 is 5.73 Å². The Kier molecular flexibility index (Phi) is 7.45. The third-order valence-corrected chi connectivity index (χ3v) is 2.59. The SMILES string of the molecule is CCCCCC(N)c1cccc(C)c1.Cl. The molecule has 0 saturated heterocycles. The van der Waals surface area contributed by atoms with Gasteiger partial charge in [-0.3, -0.25) is 0 Å². The number of benzene rings is 1. The zero-order valence-electron chi connectivity index (χ0n) is 9.70. The first-order chi connectivity index (χ1) is 6.74. The van der Waals surface area contributed by atoms with Crippen molar-refractivity contribution in [2.45, 2.75) is 45.6 Å². The summed E-state index contributed by atoms with van der Waals surface area (Å²) in [6.07, 6.45) is 4.91. The first kappa shape index (κ1) is 14.5. The summed E-state index contributed by atoms with van der Waals surface area (Å²) in [6.45, 7) is 4.33. The van der Waals surface area contributed by atoms with Crippen LogP contribution in [0.4, 0.5) is 0 Å². The molecule has 2 N–H and O–H groups in total. The minimum absolute atomic E-state index is 0. The molecular weight excluding hydrogens is 206 g/mol. The van der Waals surface area contributed by atoms with Crippen LogP contribution >= 0.6 is 12.4 Å². The van der Waals surface area contributed by atoms with E-state index in [1.54, 1.807) is 0 Å². The van der Waals surface area contributed by atoms with Crippen molar-refractivity contribution in [3.8, 4) is 0 Å². The quantitative estimate of drug-likeness (QED) is 0.757. The Balaban J connectivity index is 0.00000196. The van der Waals surface area contributed by atoms with Gasteiger partial charge in [0.2, 0.25) is 0 Å². The molecule has 0 spiro atoms. The maximum atomic E-state index is 6.10. The lowest BCUT2D eigenvalue weighted by Crippen LogP contribution is -2.10. The Bertz CT molecular complexity index is 273. The first-order valence-electron chi connectivity index (χ1n) is 5.56. The zero-order chi connectivity index (χ0) is 10.4. The molecule has 1 rings (SSSR count). The van der Waals surface area contributed by atoms with Crippen LogP contribution in [0.2, 0.25) is 0 Å². The van der Waals surface area contributed by atoms with E-state index in [0.717, 1.165) is 6.42 Å². The van der Waals surface area contributed by atoms with E-state index >= 15 is 0 Å². The van der Waals surface area contributed by atoms with Gasteiger partial charge in [0.15, 0.2) is 0 Å². The van der Waals surface area contributed by atoms with Crippen LogP contribution in [-0.4, -0.2) is 0 Å². The number of nitrogens with two attached hydrogens (primary N) is 1. The number of halogens is 1. The number of rotatable bonds is 5. The van der Waals surface area contributed by atoms with Gasteiger partial charge < -0.3 is 5.73 Å². The van der Waals surface area contributed by atoms with Crippen LogP contribution in [0.25, 0.3) is 0 Å². The lowest BCUT2D eigenvalue weighted by atomic mass is 10.00. The molecule has 0 aliphatic heterocycles. The monoisotopic (exact) mass is 227 g/mol. The van der Waals surface area contributed by atoms with Crippen LogP contribution in [-0.2, 0) is 0 Å². The molecule has 15 heavy (non-hydrogen) atoms. The van der Waals surface area contributed by atoms with Crippen molar-refractivity contribution >= 4 is 12.4 Å². The van der Waals surface area contributed by atoms with Crippen LogP contribution in [0.15, 0.2) is 24.3 Å². The van der Waals surface area contributed by atoms with Crippen molar-refractivity contribution in [3.05, 3.63) is 35.4 Å². The highest BCUT2D eigenvalue weighted by Crippen LogP contribution is 2.17. The van der Waals surface area contributed by atoms with Crippen molar-refractivity contribution in [2.75, 3.05) is 0 Å². The molecule has 0 bridgehead atoms. The minimum atomic E-state index is 0. The van der Waals surface area contributed by atoms with Gasteiger partial charge in [0.25, 0.3) is 0 Å². The van der Waals surface area contributed by atoms with Gasteiger partial charge in [0.05, 0.1) is 0 Å². The Labute approximate surface area is 99.5 Å². The molecule has 0 saturated carbocycles. The molecule has 1 aromatic carbocycles. The Morgan fingerprint density at radius 2 is 2.00 bits per heavy atom. The molecule has 1 nitrogen and oxygen atoms in total. The second kappa shape index (κ2) is 7.72. The number of hydrogen-bond acceptors (Lipinski definition) is 1. The molecule has 0 amide bonds. The molecule has 0 aromatic heterocycles. The average molecular weight is 228 g/mol. The fourth-order valence-electron chi connectivity index (χ4n) is 1.68. The van der Waals surface area contributed by atoms with E-state index in [1.807, 2.05) is 0 Å². The van der Waals surface area contributed by atoms with E-state index in [9.17, 15) is 0 Å². The Morgan fingerprint density at radius 1 is 1.27 bits per heavy atom. The fraction of sp³-hybridized carbons (Fsp3) is 0.538. The first-order valence-corrected chi connectivity index (χ1v) is 5.56. The van der Waals surface area contributed by atoms with Crippen LogP contribution in [0.1, 0.15) is 49.8 Å². The van der Waals surface area contributed by atoms with Crippen molar-refractivity contribution in [1.29, 1.82) is 0 Å². The summed E-state index contributed by atoms with van der Waals surface area (Å²) in [5.41, 5.74) is 8.68. The van der Waals surface area contributed by atoms with Gasteiger partial charge in [0, 0.05) is 6.04 Å². The molecule has 1 unspecified atom stereocenters. The molecule has 86 valence electrons. The lowest BCUT2D eigenvalue weighted by molar-refractivity contribution is 0.581. The number of hydrogen-bond donors (Lipinski definition) is 1. The summed E-state index contributed by atoms with van der Waals surface area (Å²) >= 11 is 0. The molecule has 0 aliphatic carbocycles. The van der Waals surface area contributed by atoms with Gasteiger partial charge >= 0.3 is 0 Å². The topological polar surface area (TPSA) is 26.0 Å². The third-order valence-electron chi connectivity index (χ3n) is 2.59. The lowest BCUT2D eigenvalue weighted by Gasteiger charge is -2.12. The highest BCUT2D eigenvalue weighted by atomic mass is 35.5. The van der Waals surface area contributed by atoms with E-state index in [4.69, 9.17) is 5.73 Å². The summed E-state index contributed by atoms with van der Waals surface area (Å²) in [4.78, 5) is 0. The summed E-state index contributed by atoms with van der Waals surface area (Å²) in [6, 6.07) is 8.74. The van der Waals surface area contributed by atoms with E-state index in [2.05, 4.69) is 38.1 Å². The van der Waals surface area contributed by atoms with Crippen LogP contribution in [0.5, 0.6) is 0 Å². The molecule has 0 heterocycles. The zero-order valence-corrected chi connectivity index (χ0v) is 10.5. The maximum absolute atomic E-state index is 6.10. The predicted molar refractivity (Wildman–Crippen MR) is 69.5 cm³/mol. The summed E-state index contributed by atoms with van der Waals surface area (Å²) in [5.74, 6) is 0. The van der Waals surface area contributed by atoms with E-state index < -0.39 is 0 Å². The molecule has 0 aliphatic rings. The standard InChI is InChI=1S/C13H21N.ClH/c1-3-4-5-9-13(14)12-8-6-7-11(2)10-12;/h6-8,10,13H,3-5,9,14H2,1-2H3;1H. The second-order valence-corrected chi connectivity index (χ2v) is 4.02. The van der Waals surface area contributed by atoms with Gasteiger partial charge in [-0.05, 0) is 18.9 Å². The fourth-order valence-corrected chi connectivity index (χ4v) is 1.68. The Morgan fingerprint density at radius 3 is 2.60 bits per heavy atom. The molecule has 2 heteroatoms. The van der Waals surface area contributed by atoms with Gasteiger partial charge in [-0.1, -0.05) is 56.0 Å². The van der Waals surface area contributed by atoms with E-state index in [1.165, 1.54) is 30.4 Å². The molecular formula is C13H22ClN. The van der Waals surface area contributed by atoms with Crippen molar-refractivity contribution in [3.63, 3.8) is 0 Å². The molecule has 1 aromatic rings. The smallest absolute Gasteiger partial charge is 0.0294 e. The largest absolute Gasteiger partial charge is 0.324 e. The third kappa shape index (κ3) is 5.19. The predicted octanol–water partition coefficient (Wildman–Crippen LogP) is 4.00. The maximum Gasteiger partial charge on any atom is 0.0294 e. The Hall–Kier alpha value is -0.530. The van der Waals surface area contributed by atoms with Crippen molar-refractivity contribution in [1.82, 2.24) is 0 Å². The minimum Gasteiger partial charge on any atom is -0.324 e.